The number of hydrogen-bond acceptors (Lipinski definition) is 4. The number of rotatable bonds is 3. The molecule has 0 amide bonds. The fourth-order valence-corrected chi connectivity index (χ4v) is 2.18. The van der Waals surface area contributed by atoms with Gasteiger partial charge in [-0.3, -0.25) is 9.59 Å². The maximum atomic E-state index is 13.0. The number of Topliss-reactive ketones (excluding diaryl/α,β-unsaturated/α-hetero) is 1. The molecule has 1 aliphatic rings. The molecule has 1 aromatic rings. The zero-order valence-corrected chi connectivity index (χ0v) is 9.39. The summed E-state index contributed by atoms with van der Waals surface area (Å²) in [5, 5.41) is 18.9. The van der Waals surface area contributed by atoms with Crippen molar-refractivity contribution < 1.29 is 24.2 Å². The van der Waals surface area contributed by atoms with Crippen LogP contribution in [0.4, 0.5) is 4.39 Å². The van der Waals surface area contributed by atoms with E-state index in [1.165, 1.54) is 12.1 Å². The molecule has 1 aliphatic carbocycles. The minimum Gasteiger partial charge on any atom is -0.480 e. The van der Waals surface area contributed by atoms with E-state index in [9.17, 15) is 19.1 Å². The van der Waals surface area contributed by atoms with Crippen molar-refractivity contribution >= 4 is 11.8 Å². The molecule has 18 heavy (non-hydrogen) atoms. The number of carboxylic acids is 1. The number of fused-ring (bicyclic) bond motifs is 1. The summed E-state index contributed by atoms with van der Waals surface area (Å²) in [5.41, 5.74) is 4.06. The monoisotopic (exact) mass is 253 g/mol. The van der Waals surface area contributed by atoms with Gasteiger partial charge in [0.2, 0.25) is 0 Å². The Morgan fingerprint density at radius 2 is 2.22 bits per heavy atom. The van der Waals surface area contributed by atoms with Crippen molar-refractivity contribution in [2.75, 3.05) is 0 Å². The molecule has 0 fully saturated rings. The molecule has 6 heteroatoms. The average molecular weight is 253 g/mol. The molecule has 0 unspecified atom stereocenters. The van der Waals surface area contributed by atoms with E-state index in [-0.39, 0.29) is 12.0 Å². The highest BCUT2D eigenvalue weighted by molar-refractivity contribution is 6.07. The van der Waals surface area contributed by atoms with Crippen LogP contribution < -0.4 is 5.73 Å². The van der Waals surface area contributed by atoms with Crippen LogP contribution in [0, 0.1) is 5.82 Å². The number of benzene rings is 1. The van der Waals surface area contributed by atoms with E-state index in [4.69, 9.17) is 10.8 Å². The van der Waals surface area contributed by atoms with Gasteiger partial charge in [0.1, 0.15) is 17.5 Å². The van der Waals surface area contributed by atoms with E-state index < -0.39 is 35.6 Å². The minimum absolute atomic E-state index is 0.0393. The third-order valence-electron chi connectivity index (χ3n) is 3.10. The summed E-state index contributed by atoms with van der Waals surface area (Å²) >= 11 is 0. The van der Waals surface area contributed by atoms with Crippen LogP contribution in [0.2, 0.25) is 0 Å². The van der Waals surface area contributed by atoms with Crippen molar-refractivity contribution in [1.29, 1.82) is 0 Å². The van der Waals surface area contributed by atoms with E-state index in [0.717, 1.165) is 6.07 Å². The van der Waals surface area contributed by atoms with Crippen molar-refractivity contribution in [2.24, 2.45) is 5.73 Å². The number of aliphatic hydroxyl groups is 1. The second kappa shape index (κ2) is 4.15. The van der Waals surface area contributed by atoms with Crippen LogP contribution in [-0.4, -0.2) is 33.6 Å². The van der Waals surface area contributed by atoms with E-state index >= 15 is 0 Å². The van der Waals surface area contributed by atoms with E-state index in [0.29, 0.717) is 5.56 Å². The third kappa shape index (κ3) is 2.00. The highest BCUT2D eigenvalue weighted by atomic mass is 19.1. The summed E-state index contributed by atoms with van der Waals surface area (Å²) < 4.78 is 13.0. The quantitative estimate of drug-likeness (QED) is 0.709. The van der Waals surface area contributed by atoms with Crippen LogP contribution in [0.3, 0.4) is 0 Å². The van der Waals surface area contributed by atoms with Crippen LogP contribution in [0.1, 0.15) is 22.3 Å². The molecule has 0 saturated carbocycles. The van der Waals surface area contributed by atoms with Gasteiger partial charge >= 0.3 is 5.97 Å². The maximum Gasteiger partial charge on any atom is 0.320 e. The Morgan fingerprint density at radius 1 is 1.56 bits per heavy atom. The second-order valence-electron chi connectivity index (χ2n) is 4.49. The second-order valence-corrected chi connectivity index (χ2v) is 4.49. The molecule has 1 aromatic carbocycles. The van der Waals surface area contributed by atoms with Crippen molar-refractivity contribution in [1.82, 2.24) is 0 Å². The number of carbonyl (C=O) groups excluding carboxylic acids is 1. The zero-order chi connectivity index (χ0) is 13.5. The number of hydrogen-bond donors (Lipinski definition) is 3. The number of nitrogens with two attached hydrogens (primary N) is 1. The molecule has 96 valence electrons. The van der Waals surface area contributed by atoms with Gasteiger partial charge in [0, 0.05) is 18.4 Å². The first-order valence-electron chi connectivity index (χ1n) is 5.37. The zero-order valence-electron chi connectivity index (χ0n) is 9.39. The van der Waals surface area contributed by atoms with Crippen LogP contribution in [0.5, 0.6) is 0 Å². The van der Waals surface area contributed by atoms with Crippen LogP contribution in [0.15, 0.2) is 18.2 Å². The first-order valence-corrected chi connectivity index (χ1v) is 5.37. The summed E-state index contributed by atoms with van der Waals surface area (Å²) in [6.07, 6.45) is -0.431. The molecule has 0 bridgehead atoms. The summed E-state index contributed by atoms with van der Waals surface area (Å²) in [7, 11) is 0. The topological polar surface area (TPSA) is 101 Å². The van der Waals surface area contributed by atoms with Gasteiger partial charge in [-0.15, -0.1) is 0 Å². The lowest BCUT2D eigenvalue weighted by atomic mass is 9.91. The van der Waals surface area contributed by atoms with E-state index in [1.54, 1.807) is 0 Å². The number of carbonyl (C=O) groups is 2. The Hall–Kier alpha value is -1.79. The van der Waals surface area contributed by atoms with Crippen LogP contribution >= 0.6 is 0 Å². The molecule has 5 nitrogen and oxygen atoms in total. The van der Waals surface area contributed by atoms with Gasteiger partial charge in [-0.2, -0.15) is 0 Å². The molecule has 2 rings (SSSR count). The predicted octanol–water partition coefficient (Wildman–Crippen LogP) is 0.0976. The Bertz CT molecular complexity index is 531. The maximum absolute atomic E-state index is 13.0. The smallest absolute Gasteiger partial charge is 0.320 e. The first-order chi connectivity index (χ1) is 8.33. The molecule has 2 atom stereocenters. The fourth-order valence-electron chi connectivity index (χ4n) is 2.18. The lowest BCUT2D eigenvalue weighted by molar-refractivity contribution is -0.139. The van der Waals surface area contributed by atoms with Crippen molar-refractivity contribution in [2.45, 2.75) is 24.5 Å². The van der Waals surface area contributed by atoms with Crippen LogP contribution in [0.25, 0.3) is 0 Å². The highest BCUT2D eigenvalue weighted by Crippen LogP contribution is 2.33. The first kappa shape index (κ1) is 12.7. The molecular formula is C12H12FNO4. The van der Waals surface area contributed by atoms with E-state index in [1.807, 2.05) is 0 Å². The molecular weight excluding hydrogens is 241 g/mol. The van der Waals surface area contributed by atoms with Crippen molar-refractivity contribution in [3.63, 3.8) is 0 Å². The SMILES string of the molecule is N[C@@H](C[C@]1(O)Cc2ccc(F)cc2C1=O)C(=O)O. The van der Waals surface area contributed by atoms with Crippen molar-refractivity contribution in [3.05, 3.63) is 35.1 Å². The minimum atomic E-state index is -1.85. The summed E-state index contributed by atoms with van der Waals surface area (Å²) in [5.74, 6) is -2.54. The van der Waals surface area contributed by atoms with Gasteiger partial charge < -0.3 is 15.9 Å². The highest BCUT2D eigenvalue weighted by Gasteiger charge is 2.45. The van der Waals surface area contributed by atoms with Gasteiger partial charge in [-0.1, -0.05) is 6.07 Å². The van der Waals surface area contributed by atoms with Gasteiger partial charge in [0.15, 0.2) is 5.78 Å². The lowest BCUT2D eigenvalue weighted by Gasteiger charge is -2.22. The van der Waals surface area contributed by atoms with Gasteiger partial charge in [0.05, 0.1) is 0 Å². The summed E-state index contributed by atoms with van der Waals surface area (Å²) in [6, 6.07) is 2.31. The van der Waals surface area contributed by atoms with Crippen LogP contribution in [-0.2, 0) is 11.2 Å². The molecule has 4 N–H and O–H groups in total. The molecule has 0 spiro atoms. The van der Waals surface area contributed by atoms with Gasteiger partial charge in [-0.25, -0.2) is 4.39 Å². The van der Waals surface area contributed by atoms with E-state index in [2.05, 4.69) is 0 Å². The predicted molar refractivity (Wildman–Crippen MR) is 59.6 cm³/mol. The molecule has 0 aliphatic heterocycles. The number of carboxylic acid groups (broad SMARTS) is 1. The Morgan fingerprint density at radius 3 is 2.83 bits per heavy atom. The number of halogens is 1. The fraction of sp³-hybridized carbons (Fsp3) is 0.333. The standard InChI is InChI=1S/C12H12FNO4/c13-7-2-1-6-4-12(18,5-9(14)11(16)17)10(15)8(6)3-7/h1-3,9,18H,4-5,14H2,(H,16,17)/t9-,12+/m0/s1. The van der Waals surface area contributed by atoms with Gasteiger partial charge in [0.25, 0.3) is 0 Å². The van der Waals surface area contributed by atoms with Gasteiger partial charge in [-0.05, 0) is 17.7 Å². The third-order valence-corrected chi connectivity index (χ3v) is 3.10. The Labute approximate surface area is 102 Å². The summed E-state index contributed by atoms with van der Waals surface area (Å²) in [4.78, 5) is 22.6. The Kier molecular flexibility index (Phi) is 2.92. The lowest BCUT2D eigenvalue weighted by Crippen LogP contribution is -2.45. The number of aliphatic carboxylic acids is 1. The largest absolute Gasteiger partial charge is 0.480 e. The molecule has 0 radical (unpaired) electrons. The molecule has 0 saturated heterocycles. The number of ketones is 1. The Balaban J connectivity index is 2.30. The van der Waals surface area contributed by atoms with Crippen molar-refractivity contribution in [3.8, 4) is 0 Å². The molecule has 0 heterocycles. The summed E-state index contributed by atoms with van der Waals surface area (Å²) in [6.45, 7) is 0. The molecule has 0 aromatic heterocycles. The average Bonchev–Trinajstić information content (AvgIpc) is 2.52. The normalized spacial score (nSPS) is 23.8.